The Balaban J connectivity index is 0.968. The number of hydrogen-bond acceptors (Lipinski definition) is 14. The van der Waals surface area contributed by atoms with Crippen molar-refractivity contribution >= 4 is 96.1 Å². The average molecular weight is 1040 g/mol. The molecular weight excluding hydrogens is 987 g/mol. The highest BCUT2D eigenvalue weighted by Crippen LogP contribution is 2.43. The molecule has 5 aromatic carbocycles. The molecule has 3 atom stereocenters. The summed E-state index contributed by atoms with van der Waals surface area (Å²) in [6.45, 7) is 7.72. The minimum Gasteiger partial charge on any atom is -0.493 e. The van der Waals surface area contributed by atoms with E-state index >= 15 is 0 Å². The van der Waals surface area contributed by atoms with Gasteiger partial charge in [-0.2, -0.15) is 8.42 Å². The smallest absolute Gasteiger partial charge is 0.279 e. The standard InChI is InChI=1S/C55H57N5O10S3/c1-7-41(61)16-18-55(3,4)72-71-19-17-51(73(65,66)68-6)52(62)58-38-22-34(31-69-48-27-44-42(20-33(48)2)53(63)59-39(29-56-44)24-36-12-8-10-14-46(36)59)21-35(23-38)32-70-50-28-45-43(26-49(50)67-5)54(64)60-40(30-57-45)25-37-13-9-11-15-47(37)60/h8-15,20-23,26-30,39-40,51H,7,16-19,24-25,31-32H2,1-6H3,(H,58,62)/t39-,40-,51?/m0/s1. The van der Waals surface area contributed by atoms with Crippen LogP contribution in [0.3, 0.4) is 0 Å². The predicted octanol–water partition coefficient (Wildman–Crippen LogP) is 10.3. The van der Waals surface area contributed by atoms with Crippen molar-refractivity contribution in [1.82, 2.24) is 0 Å². The van der Waals surface area contributed by atoms with Gasteiger partial charge in [0.05, 0.1) is 48.8 Å². The molecule has 4 aliphatic heterocycles. The number of methoxy groups -OCH3 is 1. The van der Waals surface area contributed by atoms with Gasteiger partial charge >= 0.3 is 0 Å². The normalized spacial score (nSPS) is 16.8. The lowest BCUT2D eigenvalue weighted by Gasteiger charge is -2.23. The molecule has 0 saturated carbocycles. The first-order valence-electron chi connectivity index (χ1n) is 24.2. The second-order valence-electron chi connectivity index (χ2n) is 19.0. The lowest BCUT2D eigenvalue weighted by Crippen LogP contribution is -2.37. The van der Waals surface area contributed by atoms with Crippen molar-refractivity contribution in [3.8, 4) is 17.2 Å². The zero-order valence-electron chi connectivity index (χ0n) is 41.5. The molecule has 0 saturated heterocycles. The van der Waals surface area contributed by atoms with Crippen LogP contribution in [0.25, 0.3) is 0 Å². The number of carbonyl (C=O) groups excluding carboxylic acids is 4. The molecule has 0 bridgehead atoms. The highest BCUT2D eigenvalue weighted by atomic mass is 33.1. The van der Waals surface area contributed by atoms with Crippen LogP contribution in [-0.2, 0) is 49.9 Å². The summed E-state index contributed by atoms with van der Waals surface area (Å²) in [4.78, 5) is 67.3. The van der Waals surface area contributed by atoms with Crippen LogP contribution in [0.2, 0.25) is 0 Å². The number of fused-ring (bicyclic) bond motifs is 8. The second-order valence-corrected chi connectivity index (χ2v) is 24.0. The number of benzene rings is 5. The fourth-order valence-corrected chi connectivity index (χ4v) is 13.2. The molecule has 5 aromatic rings. The highest BCUT2D eigenvalue weighted by molar-refractivity contribution is 8.77. The van der Waals surface area contributed by atoms with Gasteiger partial charge in [-0.3, -0.25) is 43.1 Å². The third kappa shape index (κ3) is 11.1. The molecule has 0 radical (unpaired) electrons. The molecule has 380 valence electrons. The van der Waals surface area contributed by atoms with Crippen molar-refractivity contribution in [1.29, 1.82) is 0 Å². The van der Waals surface area contributed by atoms with E-state index in [0.717, 1.165) is 29.6 Å². The molecule has 1 unspecified atom stereocenters. The van der Waals surface area contributed by atoms with Gasteiger partial charge in [-0.05, 0) is 104 Å². The lowest BCUT2D eigenvalue weighted by molar-refractivity contribution is -0.119. The number of ketones is 1. The summed E-state index contributed by atoms with van der Waals surface area (Å²) in [5, 5.41) is 1.30. The Morgan fingerprint density at radius 2 is 1.34 bits per heavy atom. The van der Waals surface area contributed by atoms with Crippen LogP contribution in [0.4, 0.5) is 28.4 Å². The summed E-state index contributed by atoms with van der Waals surface area (Å²) in [6.07, 6.45) is 6.46. The summed E-state index contributed by atoms with van der Waals surface area (Å²) in [5.74, 6) is 0.499. The van der Waals surface area contributed by atoms with Gasteiger partial charge in [-0.1, -0.05) is 64.9 Å². The lowest BCUT2D eigenvalue weighted by atomic mass is 10.0. The Hall–Kier alpha value is -6.47. The van der Waals surface area contributed by atoms with E-state index in [0.29, 0.717) is 94.3 Å². The van der Waals surface area contributed by atoms with E-state index in [2.05, 4.69) is 5.32 Å². The molecule has 0 spiro atoms. The summed E-state index contributed by atoms with van der Waals surface area (Å²) >= 11 is 0. The van der Waals surface area contributed by atoms with Crippen molar-refractivity contribution in [2.75, 3.05) is 35.1 Å². The van der Waals surface area contributed by atoms with Crippen molar-refractivity contribution in [2.45, 2.75) is 102 Å². The number of anilines is 3. The van der Waals surface area contributed by atoms with Gasteiger partial charge in [0, 0.05) is 77.8 Å². The third-order valence-electron chi connectivity index (χ3n) is 13.4. The van der Waals surface area contributed by atoms with Crippen LogP contribution in [0, 0.1) is 6.92 Å². The quantitative estimate of drug-likeness (QED) is 0.0443. The van der Waals surface area contributed by atoms with Crippen molar-refractivity contribution in [2.24, 2.45) is 9.98 Å². The second kappa shape index (κ2) is 21.5. The van der Waals surface area contributed by atoms with Gasteiger partial charge in [-0.15, -0.1) is 0 Å². The number of carbonyl (C=O) groups is 4. The van der Waals surface area contributed by atoms with E-state index in [1.54, 1.807) is 69.4 Å². The SMILES string of the molecule is CCC(=O)CCC(C)(C)SSCCC(C(=O)Nc1cc(COc2cc3c(cc2C)C(=O)N2c4ccccc4C[C@H]2C=N3)cc(COc2cc3c(cc2OC)C(=O)N2c4ccccc4C[C@H]2C=N3)c1)S(=O)(=O)OC. The molecule has 73 heavy (non-hydrogen) atoms. The number of amides is 3. The Kier molecular flexibility index (Phi) is 15.2. The van der Waals surface area contributed by atoms with E-state index in [1.807, 2.05) is 82.3 Å². The van der Waals surface area contributed by atoms with Crippen LogP contribution in [0.1, 0.15) is 95.0 Å². The fourth-order valence-electron chi connectivity index (χ4n) is 9.47. The molecule has 0 aromatic heterocycles. The van der Waals surface area contributed by atoms with Crippen LogP contribution in [0.15, 0.2) is 101 Å². The van der Waals surface area contributed by atoms with Crippen LogP contribution < -0.4 is 29.3 Å². The highest BCUT2D eigenvalue weighted by Gasteiger charge is 2.38. The minimum absolute atomic E-state index is 0.00319. The number of Topliss-reactive ketones (excluding diaryl/α,β-unsaturated/α-hetero) is 1. The number of aryl methyl sites for hydroxylation is 1. The zero-order valence-corrected chi connectivity index (χ0v) is 44.0. The Labute approximate surface area is 433 Å². The maximum Gasteiger partial charge on any atom is 0.279 e. The van der Waals surface area contributed by atoms with Gasteiger partial charge in [0.1, 0.15) is 24.7 Å². The predicted molar refractivity (Wildman–Crippen MR) is 289 cm³/mol. The van der Waals surface area contributed by atoms with Crippen LogP contribution in [-0.4, -0.2) is 86.4 Å². The summed E-state index contributed by atoms with van der Waals surface area (Å²) < 4.78 is 50.0. The van der Waals surface area contributed by atoms with Crippen molar-refractivity contribution in [3.63, 3.8) is 0 Å². The molecule has 9 rings (SSSR count). The van der Waals surface area contributed by atoms with Gasteiger partial charge in [0.15, 0.2) is 16.7 Å². The molecule has 4 aliphatic rings. The first-order valence-corrected chi connectivity index (χ1v) is 27.9. The van der Waals surface area contributed by atoms with Crippen molar-refractivity contribution < 1.29 is 46.0 Å². The number of aliphatic imine (C=N–C) groups is 2. The van der Waals surface area contributed by atoms with Gasteiger partial charge in [-0.25, -0.2) is 0 Å². The number of ether oxygens (including phenoxy) is 3. The maximum atomic E-state index is 14.1. The average Bonchev–Trinajstić information content (AvgIpc) is 3.87. The van der Waals surface area contributed by atoms with E-state index in [9.17, 15) is 27.6 Å². The van der Waals surface area contributed by atoms with Crippen LogP contribution in [0.5, 0.6) is 17.2 Å². The molecular formula is C55H57N5O10S3. The largest absolute Gasteiger partial charge is 0.493 e. The number of hydrogen-bond donors (Lipinski definition) is 1. The Morgan fingerprint density at radius 1 is 0.781 bits per heavy atom. The topological polar surface area (TPSA) is 183 Å². The number of para-hydroxylation sites is 2. The summed E-state index contributed by atoms with van der Waals surface area (Å²) in [5.41, 5.74) is 7.79. The summed E-state index contributed by atoms with van der Waals surface area (Å²) in [7, 11) is 1.18. The Bertz CT molecular complexity index is 3180. The molecule has 15 nitrogen and oxygen atoms in total. The molecule has 18 heteroatoms. The molecule has 4 heterocycles. The van der Waals surface area contributed by atoms with Crippen LogP contribution >= 0.6 is 21.6 Å². The molecule has 0 fully saturated rings. The van der Waals surface area contributed by atoms with E-state index in [4.69, 9.17) is 28.4 Å². The number of rotatable bonds is 20. The maximum absolute atomic E-state index is 14.1. The Morgan fingerprint density at radius 3 is 1.92 bits per heavy atom. The number of nitrogens with zero attached hydrogens (tertiary/aromatic N) is 4. The van der Waals surface area contributed by atoms with Gasteiger partial charge < -0.3 is 19.5 Å². The molecule has 1 N–H and O–H groups in total. The zero-order chi connectivity index (χ0) is 51.6. The van der Waals surface area contributed by atoms with Gasteiger partial charge in [0.25, 0.3) is 21.9 Å². The van der Waals surface area contributed by atoms with E-state index < -0.39 is 21.3 Å². The van der Waals surface area contributed by atoms with Crippen molar-refractivity contribution in [3.05, 3.63) is 130 Å². The van der Waals surface area contributed by atoms with E-state index in [-0.39, 0.29) is 59.8 Å². The minimum atomic E-state index is -4.33. The van der Waals surface area contributed by atoms with Gasteiger partial charge in [0.2, 0.25) is 5.91 Å². The monoisotopic (exact) mass is 1040 g/mol. The first-order chi connectivity index (χ1) is 35.1. The third-order valence-corrected chi connectivity index (χ3v) is 18.4. The fraction of sp³-hybridized carbons (Fsp3) is 0.345. The molecule has 0 aliphatic carbocycles. The number of nitrogens with one attached hydrogen (secondary N) is 1. The molecule has 3 amide bonds. The first kappa shape index (κ1) is 51.4. The summed E-state index contributed by atoms with van der Waals surface area (Å²) in [6, 6.07) is 27.3. The van der Waals surface area contributed by atoms with E-state index in [1.165, 1.54) is 17.9 Å².